The third kappa shape index (κ3) is 4.32. The van der Waals surface area contributed by atoms with Crippen LogP contribution in [0, 0.1) is 6.92 Å². The molecule has 0 unspecified atom stereocenters. The largest absolute Gasteiger partial charge is 0.337 e. The average molecular weight is 297 g/mol. The van der Waals surface area contributed by atoms with Crippen LogP contribution in [-0.4, -0.2) is 17.6 Å². The first-order valence-electron chi connectivity index (χ1n) is 7.46. The van der Waals surface area contributed by atoms with Crippen LogP contribution in [0.25, 0.3) is 0 Å². The van der Waals surface area contributed by atoms with Gasteiger partial charge < -0.3 is 10.6 Å². The molecule has 1 aromatic heterocycles. The number of nitrogens with zero attached hydrogens (tertiary/aromatic N) is 1. The number of urea groups is 1. The second kappa shape index (κ2) is 7.07. The third-order valence-electron chi connectivity index (χ3n) is 3.74. The van der Waals surface area contributed by atoms with Crippen molar-refractivity contribution in [2.24, 2.45) is 0 Å². The fraction of sp³-hybridized carbons (Fsp3) is 0.333. The highest BCUT2D eigenvalue weighted by Gasteiger charge is 2.22. The van der Waals surface area contributed by atoms with Crippen LogP contribution in [0.3, 0.4) is 0 Å². The van der Waals surface area contributed by atoms with E-state index in [0.717, 1.165) is 5.56 Å². The van der Waals surface area contributed by atoms with Crippen molar-refractivity contribution in [3.8, 4) is 0 Å². The quantitative estimate of drug-likeness (QED) is 0.890. The van der Waals surface area contributed by atoms with Gasteiger partial charge in [0.05, 0.1) is 0 Å². The van der Waals surface area contributed by atoms with E-state index < -0.39 is 0 Å². The van der Waals surface area contributed by atoms with E-state index in [1.54, 1.807) is 12.4 Å². The molecule has 1 aromatic carbocycles. The minimum atomic E-state index is -0.162. The van der Waals surface area contributed by atoms with Crippen LogP contribution in [0.4, 0.5) is 4.79 Å². The van der Waals surface area contributed by atoms with Gasteiger partial charge >= 0.3 is 6.03 Å². The molecule has 4 nitrogen and oxygen atoms in total. The molecule has 2 N–H and O–H groups in total. The van der Waals surface area contributed by atoms with Gasteiger partial charge in [-0.05, 0) is 29.7 Å². The first-order chi connectivity index (χ1) is 10.5. The van der Waals surface area contributed by atoms with E-state index >= 15 is 0 Å². The first kappa shape index (κ1) is 16.0. The number of aromatic nitrogens is 1. The molecule has 116 valence electrons. The number of pyridine rings is 1. The van der Waals surface area contributed by atoms with Crippen molar-refractivity contribution in [3.05, 3.63) is 65.5 Å². The van der Waals surface area contributed by atoms with Crippen molar-refractivity contribution in [3.63, 3.8) is 0 Å². The molecule has 0 bridgehead atoms. The Bertz CT molecular complexity index is 623. The molecular weight excluding hydrogens is 274 g/mol. The Morgan fingerprint density at radius 3 is 2.59 bits per heavy atom. The summed E-state index contributed by atoms with van der Waals surface area (Å²) in [5, 5.41) is 5.80. The van der Waals surface area contributed by atoms with Gasteiger partial charge in [0.15, 0.2) is 0 Å². The van der Waals surface area contributed by atoms with Crippen LogP contribution in [0.2, 0.25) is 0 Å². The Kier molecular flexibility index (Phi) is 5.15. The average Bonchev–Trinajstić information content (AvgIpc) is 2.52. The lowest BCUT2D eigenvalue weighted by Crippen LogP contribution is -2.42. The van der Waals surface area contributed by atoms with E-state index in [2.05, 4.69) is 48.5 Å². The Labute approximate surface area is 132 Å². The number of carbonyl (C=O) groups excluding carboxylic acids is 1. The van der Waals surface area contributed by atoms with Crippen molar-refractivity contribution < 1.29 is 4.79 Å². The summed E-state index contributed by atoms with van der Waals surface area (Å²) in [4.78, 5) is 16.0. The molecular formula is C18H23N3O. The van der Waals surface area contributed by atoms with Gasteiger partial charge in [-0.25, -0.2) is 4.79 Å². The van der Waals surface area contributed by atoms with E-state index in [0.29, 0.717) is 13.1 Å². The summed E-state index contributed by atoms with van der Waals surface area (Å²) in [6.45, 7) is 7.42. The SMILES string of the molecule is Cc1ccccc1C(C)(C)CNC(=O)NCc1cccnc1. The topological polar surface area (TPSA) is 54.0 Å². The van der Waals surface area contributed by atoms with E-state index in [9.17, 15) is 4.79 Å². The summed E-state index contributed by atoms with van der Waals surface area (Å²) in [6.07, 6.45) is 3.46. The standard InChI is InChI=1S/C18H23N3O/c1-14-7-4-5-9-16(14)18(2,3)13-21-17(22)20-12-15-8-6-10-19-11-15/h4-11H,12-13H2,1-3H3,(H2,20,21,22). The second-order valence-electron chi connectivity index (χ2n) is 6.10. The fourth-order valence-corrected chi connectivity index (χ4v) is 2.48. The minimum absolute atomic E-state index is 0.114. The highest BCUT2D eigenvalue weighted by atomic mass is 16.2. The van der Waals surface area contributed by atoms with Crippen LogP contribution in [-0.2, 0) is 12.0 Å². The molecule has 0 fully saturated rings. The van der Waals surface area contributed by atoms with Gasteiger partial charge in [-0.2, -0.15) is 0 Å². The first-order valence-corrected chi connectivity index (χ1v) is 7.46. The van der Waals surface area contributed by atoms with Gasteiger partial charge in [-0.15, -0.1) is 0 Å². The lowest BCUT2D eigenvalue weighted by Gasteiger charge is -2.27. The molecule has 0 aliphatic carbocycles. The maximum absolute atomic E-state index is 11.9. The van der Waals surface area contributed by atoms with Crippen molar-refractivity contribution in [2.45, 2.75) is 32.7 Å². The van der Waals surface area contributed by atoms with Gasteiger partial charge in [0, 0.05) is 30.9 Å². The summed E-state index contributed by atoms with van der Waals surface area (Å²) in [5.74, 6) is 0. The van der Waals surface area contributed by atoms with E-state index in [1.807, 2.05) is 24.3 Å². The van der Waals surface area contributed by atoms with E-state index in [-0.39, 0.29) is 11.4 Å². The van der Waals surface area contributed by atoms with Gasteiger partial charge in [0.2, 0.25) is 0 Å². The van der Waals surface area contributed by atoms with Crippen LogP contribution in [0.15, 0.2) is 48.8 Å². The Hall–Kier alpha value is -2.36. The fourth-order valence-electron chi connectivity index (χ4n) is 2.48. The third-order valence-corrected chi connectivity index (χ3v) is 3.74. The van der Waals surface area contributed by atoms with Crippen LogP contribution in [0.1, 0.15) is 30.5 Å². The molecule has 0 aliphatic rings. The molecule has 0 atom stereocenters. The Morgan fingerprint density at radius 1 is 1.14 bits per heavy atom. The summed E-state index contributed by atoms with van der Waals surface area (Å²) in [6, 6.07) is 11.9. The molecule has 0 spiro atoms. The molecule has 2 amide bonds. The number of amides is 2. The number of hydrogen-bond donors (Lipinski definition) is 2. The van der Waals surface area contributed by atoms with Crippen LogP contribution in [0.5, 0.6) is 0 Å². The number of benzene rings is 1. The highest BCUT2D eigenvalue weighted by molar-refractivity contribution is 5.74. The van der Waals surface area contributed by atoms with Crippen LogP contribution >= 0.6 is 0 Å². The molecule has 4 heteroatoms. The molecule has 1 heterocycles. The number of aryl methyl sites for hydroxylation is 1. The summed E-state index contributed by atoms with van der Waals surface area (Å²) in [7, 11) is 0. The van der Waals surface area contributed by atoms with E-state index in [1.165, 1.54) is 11.1 Å². The maximum Gasteiger partial charge on any atom is 0.315 e. The molecule has 0 radical (unpaired) electrons. The molecule has 0 saturated carbocycles. The lowest BCUT2D eigenvalue weighted by molar-refractivity contribution is 0.238. The minimum Gasteiger partial charge on any atom is -0.337 e. The van der Waals surface area contributed by atoms with Gasteiger partial charge in [0.25, 0.3) is 0 Å². The highest BCUT2D eigenvalue weighted by Crippen LogP contribution is 2.25. The van der Waals surface area contributed by atoms with E-state index in [4.69, 9.17) is 0 Å². The second-order valence-corrected chi connectivity index (χ2v) is 6.10. The predicted octanol–water partition coefficient (Wildman–Crippen LogP) is 3.17. The molecule has 2 rings (SSSR count). The van der Waals surface area contributed by atoms with Crippen molar-refractivity contribution >= 4 is 6.03 Å². The smallest absolute Gasteiger partial charge is 0.315 e. The van der Waals surface area contributed by atoms with Crippen molar-refractivity contribution in [2.75, 3.05) is 6.54 Å². The zero-order valence-corrected chi connectivity index (χ0v) is 13.4. The molecule has 22 heavy (non-hydrogen) atoms. The predicted molar refractivity (Wildman–Crippen MR) is 88.7 cm³/mol. The Morgan fingerprint density at radius 2 is 1.91 bits per heavy atom. The van der Waals surface area contributed by atoms with Gasteiger partial charge in [0.1, 0.15) is 0 Å². The number of nitrogens with one attached hydrogen (secondary N) is 2. The zero-order chi connectivity index (χ0) is 16.0. The van der Waals surface area contributed by atoms with Crippen molar-refractivity contribution in [1.29, 1.82) is 0 Å². The summed E-state index contributed by atoms with van der Waals surface area (Å²) in [5.41, 5.74) is 3.36. The molecule has 0 aliphatic heterocycles. The van der Waals surface area contributed by atoms with Crippen molar-refractivity contribution in [1.82, 2.24) is 15.6 Å². The lowest BCUT2D eigenvalue weighted by atomic mass is 9.82. The summed E-state index contributed by atoms with van der Waals surface area (Å²) < 4.78 is 0. The number of rotatable bonds is 5. The molecule has 2 aromatic rings. The van der Waals surface area contributed by atoms with Crippen LogP contribution < -0.4 is 10.6 Å². The monoisotopic (exact) mass is 297 g/mol. The normalized spacial score (nSPS) is 11.0. The zero-order valence-electron chi connectivity index (χ0n) is 13.4. The Balaban J connectivity index is 1.86. The van der Waals surface area contributed by atoms with Gasteiger partial charge in [-0.3, -0.25) is 4.98 Å². The number of carbonyl (C=O) groups is 1. The maximum atomic E-state index is 11.9. The summed E-state index contributed by atoms with van der Waals surface area (Å²) >= 11 is 0. The van der Waals surface area contributed by atoms with Gasteiger partial charge in [-0.1, -0.05) is 44.2 Å². The number of hydrogen-bond acceptors (Lipinski definition) is 2. The molecule has 0 saturated heterocycles.